The van der Waals surface area contributed by atoms with Gasteiger partial charge >= 0.3 is 0 Å². The number of hydrogen-bond donors (Lipinski definition) is 1. The Morgan fingerprint density at radius 2 is 1.90 bits per heavy atom. The number of halogens is 2. The van der Waals surface area contributed by atoms with Crippen molar-refractivity contribution in [3.8, 4) is 0 Å². The van der Waals surface area contributed by atoms with Crippen LogP contribution < -0.4 is 0 Å². The van der Waals surface area contributed by atoms with Gasteiger partial charge in [-0.1, -0.05) is 23.2 Å². The third kappa shape index (κ3) is 1.60. The van der Waals surface area contributed by atoms with Gasteiger partial charge in [-0.2, -0.15) is 0 Å². The normalized spacial score (nSPS) is 10.0. The Labute approximate surface area is 75.6 Å². The smallest absolute Gasteiger partial charge is 0.0725 e. The van der Waals surface area contributed by atoms with E-state index in [0.717, 1.165) is 10.5 Å². The van der Waals surface area contributed by atoms with E-state index in [4.69, 9.17) is 23.2 Å². The molecular formula is C7H6Cl2S. The molecule has 0 unspecified atom stereocenters. The van der Waals surface area contributed by atoms with Gasteiger partial charge in [-0.15, -0.1) is 12.6 Å². The van der Waals surface area contributed by atoms with Crippen LogP contribution in [0.2, 0.25) is 10.0 Å². The van der Waals surface area contributed by atoms with Gasteiger partial charge < -0.3 is 0 Å². The van der Waals surface area contributed by atoms with Crippen molar-refractivity contribution in [2.45, 2.75) is 11.8 Å². The van der Waals surface area contributed by atoms with Gasteiger partial charge in [0.15, 0.2) is 0 Å². The van der Waals surface area contributed by atoms with Crippen molar-refractivity contribution in [3.63, 3.8) is 0 Å². The molecule has 0 radical (unpaired) electrons. The van der Waals surface area contributed by atoms with E-state index in [1.54, 1.807) is 0 Å². The Hall–Kier alpha value is 0.150. The first-order chi connectivity index (χ1) is 4.61. The monoisotopic (exact) mass is 192 g/mol. The molecule has 1 rings (SSSR count). The van der Waals surface area contributed by atoms with Crippen LogP contribution in [0.3, 0.4) is 0 Å². The van der Waals surface area contributed by atoms with Crippen molar-refractivity contribution in [1.82, 2.24) is 0 Å². The molecule has 0 aliphatic carbocycles. The summed E-state index contributed by atoms with van der Waals surface area (Å²) in [6.45, 7) is 1.95. The molecule has 0 nitrogen and oxygen atoms in total. The van der Waals surface area contributed by atoms with E-state index in [1.165, 1.54) is 0 Å². The average molecular weight is 193 g/mol. The summed E-state index contributed by atoms with van der Waals surface area (Å²) in [6, 6.07) is 3.68. The molecule has 0 amide bonds. The fourth-order valence-electron chi connectivity index (χ4n) is 0.706. The third-order valence-corrected chi connectivity index (χ3v) is 2.44. The lowest BCUT2D eigenvalue weighted by Gasteiger charge is -2.00. The van der Waals surface area contributed by atoms with Crippen LogP contribution in [0.25, 0.3) is 0 Å². The predicted molar refractivity (Wildman–Crippen MR) is 48.5 cm³/mol. The Bertz CT molecular complexity index is 235. The topological polar surface area (TPSA) is 0 Å². The Kier molecular flexibility index (Phi) is 2.50. The van der Waals surface area contributed by atoms with Crippen LogP contribution in [-0.2, 0) is 0 Å². The summed E-state index contributed by atoms with van der Waals surface area (Å²) in [4.78, 5) is 0.728. The highest BCUT2D eigenvalue weighted by Crippen LogP contribution is 2.29. The zero-order chi connectivity index (χ0) is 7.72. The maximum atomic E-state index is 5.74. The third-order valence-electron chi connectivity index (χ3n) is 1.15. The van der Waals surface area contributed by atoms with Gasteiger partial charge in [-0.05, 0) is 24.6 Å². The number of benzene rings is 1. The lowest BCUT2D eigenvalue weighted by Crippen LogP contribution is -1.75. The molecule has 1 aromatic carbocycles. The first-order valence-electron chi connectivity index (χ1n) is 2.76. The zero-order valence-electron chi connectivity index (χ0n) is 5.36. The quantitative estimate of drug-likeness (QED) is 0.598. The molecule has 0 fully saturated rings. The largest absolute Gasteiger partial charge is 0.142 e. The Morgan fingerprint density at radius 3 is 2.40 bits per heavy atom. The van der Waals surface area contributed by atoms with E-state index < -0.39 is 0 Å². The van der Waals surface area contributed by atoms with Gasteiger partial charge in [-0.25, -0.2) is 0 Å². The number of hydrogen-bond acceptors (Lipinski definition) is 1. The van der Waals surface area contributed by atoms with E-state index in [-0.39, 0.29) is 0 Å². The molecule has 0 heterocycles. The van der Waals surface area contributed by atoms with Crippen molar-refractivity contribution >= 4 is 35.8 Å². The minimum Gasteiger partial charge on any atom is -0.142 e. The average Bonchev–Trinajstić information content (AvgIpc) is 1.82. The molecule has 0 atom stereocenters. The number of thiol groups is 1. The van der Waals surface area contributed by atoms with Gasteiger partial charge in [0.1, 0.15) is 0 Å². The molecule has 3 heteroatoms. The molecule has 0 aliphatic heterocycles. The fraction of sp³-hybridized carbons (Fsp3) is 0.143. The van der Waals surface area contributed by atoms with Crippen LogP contribution in [0.5, 0.6) is 0 Å². The van der Waals surface area contributed by atoms with Crippen LogP contribution in [0.15, 0.2) is 17.0 Å². The first kappa shape index (κ1) is 8.25. The molecule has 0 saturated heterocycles. The highest BCUT2D eigenvalue weighted by Gasteiger charge is 2.01. The molecule has 0 bridgehead atoms. The van der Waals surface area contributed by atoms with E-state index >= 15 is 0 Å². The maximum absolute atomic E-state index is 5.74. The second-order valence-corrected chi connectivity index (χ2v) is 3.35. The van der Waals surface area contributed by atoms with Crippen molar-refractivity contribution < 1.29 is 0 Å². The number of rotatable bonds is 0. The molecule has 0 N–H and O–H groups in total. The van der Waals surface area contributed by atoms with Gasteiger partial charge in [0.05, 0.1) is 10.0 Å². The van der Waals surface area contributed by atoms with Gasteiger partial charge in [0.2, 0.25) is 0 Å². The molecule has 0 saturated carbocycles. The summed E-state index contributed by atoms with van der Waals surface area (Å²) in [7, 11) is 0. The maximum Gasteiger partial charge on any atom is 0.0725 e. The number of aryl methyl sites for hydroxylation is 1. The molecule has 0 spiro atoms. The summed E-state index contributed by atoms with van der Waals surface area (Å²) in [6.07, 6.45) is 0. The van der Waals surface area contributed by atoms with Crippen molar-refractivity contribution in [3.05, 3.63) is 27.7 Å². The SMILES string of the molecule is Cc1cc(S)c(Cl)c(Cl)c1. The second kappa shape index (κ2) is 3.04. The van der Waals surface area contributed by atoms with Crippen LogP contribution in [-0.4, -0.2) is 0 Å². The molecule has 10 heavy (non-hydrogen) atoms. The van der Waals surface area contributed by atoms with E-state index in [2.05, 4.69) is 12.6 Å². The molecule has 0 aliphatic rings. The lowest BCUT2D eigenvalue weighted by atomic mass is 10.2. The van der Waals surface area contributed by atoms with Crippen LogP contribution >= 0.6 is 35.8 Å². The van der Waals surface area contributed by atoms with E-state index in [1.807, 2.05) is 19.1 Å². The van der Waals surface area contributed by atoms with Crippen LogP contribution in [0.1, 0.15) is 5.56 Å². The van der Waals surface area contributed by atoms with Crippen molar-refractivity contribution in [2.24, 2.45) is 0 Å². The Morgan fingerprint density at radius 1 is 1.30 bits per heavy atom. The standard InChI is InChI=1S/C7H6Cl2S/c1-4-2-5(8)7(9)6(10)3-4/h2-3,10H,1H3. The summed E-state index contributed by atoms with van der Waals surface area (Å²) >= 11 is 15.6. The van der Waals surface area contributed by atoms with E-state index in [9.17, 15) is 0 Å². The minimum absolute atomic E-state index is 0.524. The first-order valence-corrected chi connectivity index (χ1v) is 3.96. The van der Waals surface area contributed by atoms with Crippen LogP contribution in [0, 0.1) is 6.92 Å². The minimum atomic E-state index is 0.524. The second-order valence-electron chi connectivity index (χ2n) is 2.08. The summed E-state index contributed by atoms with van der Waals surface area (Å²) in [5.74, 6) is 0. The molecular weight excluding hydrogens is 187 g/mol. The summed E-state index contributed by atoms with van der Waals surface area (Å²) in [5.41, 5.74) is 1.07. The lowest BCUT2D eigenvalue weighted by molar-refractivity contribution is 1.37. The summed E-state index contributed by atoms with van der Waals surface area (Å²) in [5, 5.41) is 1.09. The predicted octanol–water partition coefficient (Wildman–Crippen LogP) is 3.59. The highest BCUT2D eigenvalue weighted by atomic mass is 35.5. The van der Waals surface area contributed by atoms with Crippen molar-refractivity contribution in [1.29, 1.82) is 0 Å². The van der Waals surface area contributed by atoms with E-state index in [0.29, 0.717) is 10.0 Å². The fourth-order valence-corrected chi connectivity index (χ4v) is 1.48. The van der Waals surface area contributed by atoms with Gasteiger partial charge in [0.25, 0.3) is 0 Å². The van der Waals surface area contributed by atoms with Crippen molar-refractivity contribution in [2.75, 3.05) is 0 Å². The zero-order valence-corrected chi connectivity index (χ0v) is 7.76. The highest BCUT2D eigenvalue weighted by molar-refractivity contribution is 7.80. The summed E-state index contributed by atoms with van der Waals surface area (Å²) < 4.78 is 0. The van der Waals surface area contributed by atoms with Gasteiger partial charge in [0, 0.05) is 4.90 Å². The Balaban J connectivity index is 3.31. The molecule has 1 aromatic rings. The van der Waals surface area contributed by atoms with Crippen LogP contribution in [0.4, 0.5) is 0 Å². The molecule has 54 valence electrons. The van der Waals surface area contributed by atoms with Gasteiger partial charge in [-0.3, -0.25) is 0 Å². The molecule has 0 aromatic heterocycles.